The second-order valence-electron chi connectivity index (χ2n) is 7.95. The van der Waals surface area contributed by atoms with Crippen molar-refractivity contribution in [2.75, 3.05) is 18.5 Å². The number of rotatable bonds is 7. The van der Waals surface area contributed by atoms with E-state index >= 15 is 0 Å². The number of H-pyrrole nitrogens is 1. The monoisotopic (exact) mass is 371 g/mol. The lowest BCUT2D eigenvalue weighted by Crippen LogP contribution is -2.42. The van der Waals surface area contributed by atoms with Crippen molar-refractivity contribution < 1.29 is 9.53 Å². The Labute approximate surface area is 159 Å². The molecule has 1 saturated heterocycles. The summed E-state index contributed by atoms with van der Waals surface area (Å²) in [6, 6.07) is 4.00. The van der Waals surface area contributed by atoms with Crippen LogP contribution in [0.5, 0.6) is 0 Å². The van der Waals surface area contributed by atoms with Crippen LogP contribution in [0.15, 0.2) is 24.5 Å². The molecule has 1 amide bonds. The third kappa shape index (κ3) is 4.40. The molecule has 27 heavy (non-hydrogen) atoms. The van der Waals surface area contributed by atoms with Crippen LogP contribution in [0, 0.1) is 5.92 Å². The number of aryl methyl sites for hydroxylation is 1. The fraction of sp³-hybridized carbons (Fsp3) is 0.650. The second-order valence-corrected chi connectivity index (χ2v) is 7.95. The quantitative estimate of drug-likeness (QED) is 0.782. The first-order chi connectivity index (χ1) is 13.2. The first-order valence-electron chi connectivity index (χ1n) is 10.2. The van der Waals surface area contributed by atoms with E-state index in [-0.39, 0.29) is 11.4 Å². The molecule has 0 bridgehead atoms. The van der Waals surface area contributed by atoms with E-state index in [4.69, 9.17) is 4.74 Å². The van der Waals surface area contributed by atoms with Crippen molar-refractivity contribution in [2.45, 2.75) is 63.3 Å². The summed E-state index contributed by atoms with van der Waals surface area (Å²) < 4.78 is 7.67. The topological polar surface area (TPSA) is 84.8 Å². The number of aromatic nitrogens is 4. The molecule has 1 saturated carbocycles. The molecule has 146 valence electrons. The lowest BCUT2D eigenvalue weighted by atomic mass is 9.86. The van der Waals surface area contributed by atoms with Gasteiger partial charge in [0.25, 0.3) is 0 Å². The van der Waals surface area contributed by atoms with E-state index < -0.39 is 0 Å². The van der Waals surface area contributed by atoms with E-state index in [1.165, 1.54) is 25.7 Å². The lowest BCUT2D eigenvalue weighted by Gasteiger charge is -2.38. The van der Waals surface area contributed by atoms with Gasteiger partial charge in [0.2, 0.25) is 11.9 Å². The van der Waals surface area contributed by atoms with Crippen LogP contribution in [0.1, 0.15) is 57.2 Å². The van der Waals surface area contributed by atoms with E-state index in [1.54, 1.807) is 0 Å². The summed E-state index contributed by atoms with van der Waals surface area (Å²) in [4.78, 5) is 17.2. The maximum Gasteiger partial charge on any atom is 0.248 e. The van der Waals surface area contributed by atoms with Gasteiger partial charge in [0.1, 0.15) is 5.82 Å². The van der Waals surface area contributed by atoms with Gasteiger partial charge < -0.3 is 9.30 Å². The Morgan fingerprint density at radius 3 is 2.74 bits per heavy atom. The molecule has 0 radical (unpaired) electrons. The van der Waals surface area contributed by atoms with Crippen LogP contribution in [0.3, 0.4) is 0 Å². The number of carbonyl (C=O) groups excluding carboxylic acids is 1. The van der Waals surface area contributed by atoms with Crippen molar-refractivity contribution in [1.82, 2.24) is 19.7 Å². The molecule has 2 fully saturated rings. The van der Waals surface area contributed by atoms with Crippen molar-refractivity contribution in [2.24, 2.45) is 5.92 Å². The highest BCUT2D eigenvalue weighted by atomic mass is 16.5. The molecule has 2 aromatic rings. The van der Waals surface area contributed by atoms with Gasteiger partial charge in [-0.2, -0.15) is 4.98 Å². The van der Waals surface area contributed by atoms with Crippen LogP contribution in [0.2, 0.25) is 0 Å². The zero-order valence-corrected chi connectivity index (χ0v) is 15.8. The smallest absolute Gasteiger partial charge is 0.248 e. The Kier molecular flexibility index (Phi) is 5.57. The average molecular weight is 371 g/mol. The summed E-state index contributed by atoms with van der Waals surface area (Å²) in [5, 5.41) is 10.0. The summed E-state index contributed by atoms with van der Waals surface area (Å²) in [6.07, 6.45) is 13.6. The van der Waals surface area contributed by atoms with E-state index in [1.807, 2.05) is 24.5 Å². The van der Waals surface area contributed by atoms with Gasteiger partial charge in [-0.3, -0.25) is 15.2 Å². The number of nitrogens with one attached hydrogen (secondary N) is 2. The molecule has 7 nitrogen and oxygen atoms in total. The predicted molar refractivity (Wildman–Crippen MR) is 102 cm³/mol. The highest BCUT2D eigenvalue weighted by Crippen LogP contribution is 2.33. The van der Waals surface area contributed by atoms with E-state index in [9.17, 15) is 4.79 Å². The van der Waals surface area contributed by atoms with E-state index in [2.05, 4.69) is 25.1 Å². The first-order valence-corrected chi connectivity index (χ1v) is 10.2. The van der Waals surface area contributed by atoms with Crippen LogP contribution < -0.4 is 5.32 Å². The largest absolute Gasteiger partial charge is 0.381 e. The van der Waals surface area contributed by atoms with Gasteiger partial charge in [-0.1, -0.05) is 25.7 Å². The Hall–Kier alpha value is -2.15. The number of carbonyl (C=O) groups is 1. The third-order valence-corrected chi connectivity index (χ3v) is 6.11. The van der Waals surface area contributed by atoms with Crippen LogP contribution in [-0.2, 0) is 21.5 Å². The standard InChI is InChI=1S/C20H29N5O2/c26-18(15-20(9-13-27-14-10-20)25-11-3-4-12-25)22-19-21-17(23-24-19)8-7-16-5-1-2-6-16/h3-4,11-12,16H,1-2,5-10,13-15H2,(H2,21,22,23,24,26). The zero-order chi connectivity index (χ0) is 18.5. The van der Waals surface area contributed by atoms with Gasteiger partial charge in [-0.25, -0.2) is 0 Å². The Morgan fingerprint density at radius 2 is 2.00 bits per heavy atom. The molecule has 0 spiro atoms. The van der Waals surface area contributed by atoms with Crippen molar-refractivity contribution in [1.29, 1.82) is 0 Å². The zero-order valence-electron chi connectivity index (χ0n) is 15.8. The summed E-state index contributed by atoms with van der Waals surface area (Å²) in [7, 11) is 0. The minimum absolute atomic E-state index is 0.0491. The predicted octanol–water partition coefficient (Wildman–Crippen LogP) is 3.26. The second kappa shape index (κ2) is 8.25. The first kappa shape index (κ1) is 18.2. The highest BCUT2D eigenvalue weighted by Gasteiger charge is 2.36. The minimum Gasteiger partial charge on any atom is -0.381 e. The molecule has 7 heteroatoms. The molecular weight excluding hydrogens is 342 g/mol. The number of aromatic amines is 1. The van der Waals surface area contributed by atoms with Gasteiger partial charge in [0.15, 0.2) is 0 Å². The number of hydrogen-bond donors (Lipinski definition) is 2. The van der Waals surface area contributed by atoms with Gasteiger partial charge in [0, 0.05) is 32.0 Å². The lowest BCUT2D eigenvalue weighted by molar-refractivity contribution is -0.119. The Balaban J connectivity index is 1.34. The minimum atomic E-state index is -0.229. The van der Waals surface area contributed by atoms with Crippen LogP contribution in [0.25, 0.3) is 0 Å². The number of amides is 1. The Bertz CT molecular complexity index is 727. The van der Waals surface area contributed by atoms with E-state index in [0.29, 0.717) is 25.6 Å². The van der Waals surface area contributed by atoms with Gasteiger partial charge in [-0.05, 0) is 37.3 Å². The molecule has 2 aromatic heterocycles. The normalized spacial score (nSPS) is 20.0. The maximum absolute atomic E-state index is 12.7. The summed E-state index contributed by atoms with van der Waals surface area (Å²) >= 11 is 0. The average Bonchev–Trinajstić information content (AvgIpc) is 3.43. The maximum atomic E-state index is 12.7. The molecule has 0 unspecified atom stereocenters. The molecule has 1 aliphatic carbocycles. The molecule has 4 rings (SSSR count). The number of ether oxygens (including phenoxy) is 1. The summed E-state index contributed by atoms with van der Waals surface area (Å²) in [5.41, 5.74) is -0.229. The summed E-state index contributed by atoms with van der Waals surface area (Å²) in [5.74, 6) is 2.02. The van der Waals surface area contributed by atoms with E-state index in [0.717, 1.165) is 37.4 Å². The molecule has 1 aliphatic heterocycles. The van der Waals surface area contributed by atoms with Gasteiger partial charge in [-0.15, -0.1) is 5.10 Å². The number of anilines is 1. The molecular formula is C20H29N5O2. The van der Waals surface area contributed by atoms with Gasteiger partial charge >= 0.3 is 0 Å². The van der Waals surface area contributed by atoms with Crippen molar-refractivity contribution in [3.05, 3.63) is 30.4 Å². The third-order valence-electron chi connectivity index (χ3n) is 6.11. The molecule has 2 N–H and O–H groups in total. The van der Waals surface area contributed by atoms with Crippen molar-refractivity contribution in [3.63, 3.8) is 0 Å². The number of hydrogen-bond acceptors (Lipinski definition) is 4. The summed E-state index contributed by atoms with van der Waals surface area (Å²) in [6.45, 7) is 1.36. The number of nitrogens with zero attached hydrogens (tertiary/aromatic N) is 3. The molecule has 2 aliphatic rings. The molecule has 3 heterocycles. The van der Waals surface area contributed by atoms with Crippen LogP contribution in [-0.4, -0.2) is 38.9 Å². The molecule has 0 atom stereocenters. The van der Waals surface area contributed by atoms with Crippen molar-refractivity contribution in [3.8, 4) is 0 Å². The van der Waals surface area contributed by atoms with Crippen molar-refractivity contribution >= 4 is 11.9 Å². The van der Waals surface area contributed by atoms with Crippen LogP contribution in [0.4, 0.5) is 5.95 Å². The van der Waals surface area contributed by atoms with Gasteiger partial charge in [0.05, 0.1) is 12.0 Å². The van der Waals surface area contributed by atoms with Crippen LogP contribution >= 0.6 is 0 Å². The SMILES string of the molecule is O=C(CC1(n2cccc2)CCOCC1)Nc1n[nH]c(CCC2CCCC2)n1. The molecule has 0 aromatic carbocycles. The Morgan fingerprint density at radius 1 is 1.26 bits per heavy atom. The fourth-order valence-corrected chi connectivity index (χ4v) is 4.50. The highest BCUT2D eigenvalue weighted by molar-refractivity contribution is 5.89. The fourth-order valence-electron chi connectivity index (χ4n) is 4.50.